The minimum Gasteiger partial charge on any atom is -0.374 e. The third kappa shape index (κ3) is 4.99. The quantitative estimate of drug-likeness (QED) is 0.798. The minimum absolute atomic E-state index is 0.417. The number of ether oxygens (including phenoxy) is 1. The van der Waals surface area contributed by atoms with Crippen LogP contribution in [0.1, 0.15) is 33.1 Å². The smallest absolute Gasteiger partial charge is 0.0829 e. The number of morpholine rings is 1. The summed E-state index contributed by atoms with van der Waals surface area (Å²) in [7, 11) is 2.05. The molecule has 2 aliphatic rings. The van der Waals surface area contributed by atoms with E-state index in [-0.39, 0.29) is 0 Å². The lowest BCUT2D eigenvalue weighted by atomic mass is 9.93. The summed E-state index contributed by atoms with van der Waals surface area (Å²) >= 11 is 0. The van der Waals surface area contributed by atoms with Gasteiger partial charge in [-0.25, -0.2) is 0 Å². The van der Waals surface area contributed by atoms with Crippen molar-refractivity contribution >= 4 is 0 Å². The van der Waals surface area contributed by atoms with Gasteiger partial charge in [0.05, 0.1) is 12.7 Å². The zero-order valence-electron chi connectivity index (χ0n) is 13.6. The maximum Gasteiger partial charge on any atom is 0.0829 e. The van der Waals surface area contributed by atoms with Crippen molar-refractivity contribution in [3.8, 4) is 0 Å². The van der Waals surface area contributed by atoms with Gasteiger partial charge in [0.25, 0.3) is 0 Å². The van der Waals surface area contributed by atoms with Gasteiger partial charge in [0.1, 0.15) is 0 Å². The molecule has 0 radical (unpaired) electrons. The molecule has 1 N–H and O–H groups in total. The molecule has 0 aromatic heterocycles. The normalized spacial score (nSPS) is 27.3. The van der Waals surface area contributed by atoms with Gasteiger partial charge in [0, 0.05) is 25.7 Å². The Morgan fingerprint density at radius 3 is 2.60 bits per heavy atom. The van der Waals surface area contributed by atoms with E-state index < -0.39 is 0 Å². The van der Waals surface area contributed by atoms with Gasteiger partial charge in [-0.15, -0.1) is 0 Å². The second kappa shape index (κ2) is 8.32. The van der Waals surface area contributed by atoms with Crippen LogP contribution in [0.3, 0.4) is 0 Å². The lowest BCUT2D eigenvalue weighted by molar-refractivity contribution is -0.0552. The topological polar surface area (TPSA) is 27.7 Å². The first-order valence-electron chi connectivity index (χ1n) is 8.41. The molecule has 2 aliphatic heterocycles. The molecule has 0 aromatic rings. The Morgan fingerprint density at radius 1 is 1.20 bits per heavy atom. The SMILES string of the molecule is CNCCC1CCN(CC2CN(C(C)C)CCO2)CC1. The molecular formula is C16H33N3O. The van der Waals surface area contributed by atoms with Crippen molar-refractivity contribution in [2.45, 2.75) is 45.3 Å². The van der Waals surface area contributed by atoms with Crippen LogP contribution in [0.15, 0.2) is 0 Å². The van der Waals surface area contributed by atoms with Gasteiger partial charge in [-0.1, -0.05) is 0 Å². The molecule has 1 atom stereocenters. The zero-order chi connectivity index (χ0) is 14.4. The number of rotatable bonds is 6. The number of hydrogen-bond donors (Lipinski definition) is 1. The van der Waals surface area contributed by atoms with E-state index in [2.05, 4.69) is 36.0 Å². The van der Waals surface area contributed by atoms with Gasteiger partial charge in [0.2, 0.25) is 0 Å². The molecule has 2 fully saturated rings. The van der Waals surface area contributed by atoms with Gasteiger partial charge in [-0.3, -0.25) is 4.90 Å². The molecule has 4 nitrogen and oxygen atoms in total. The summed E-state index contributed by atoms with van der Waals surface area (Å²) in [5.41, 5.74) is 0. The average Bonchev–Trinajstić information content (AvgIpc) is 2.47. The maximum absolute atomic E-state index is 5.96. The van der Waals surface area contributed by atoms with E-state index in [1.165, 1.54) is 38.9 Å². The standard InChI is InChI=1S/C16H33N3O/c1-14(2)19-10-11-20-16(13-19)12-18-8-5-15(6-9-18)4-7-17-3/h14-17H,4-13H2,1-3H3. The predicted octanol–water partition coefficient (Wildman–Crippen LogP) is 1.42. The highest BCUT2D eigenvalue weighted by Crippen LogP contribution is 2.21. The van der Waals surface area contributed by atoms with Crippen molar-refractivity contribution in [2.24, 2.45) is 5.92 Å². The van der Waals surface area contributed by atoms with E-state index in [0.29, 0.717) is 12.1 Å². The lowest BCUT2D eigenvalue weighted by Crippen LogP contribution is -2.50. The van der Waals surface area contributed by atoms with Crippen LogP contribution in [0.2, 0.25) is 0 Å². The van der Waals surface area contributed by atoms with Gasteiger partial charge in [-0.05, 0) is 65.7 Å². The number of hydrogen-bond acceptors (Lipinski definition) is 4. The molecule has 0 aliphatic carbocycles. The number of nitrogens with one attached hydrogen (secondary N) is 1. The van der Waals surface area contributed by atoms with Crippen LogP contribution in [0.5, 0.6) is 0 Å². The fourth-order valence-electron chi connectivity index (χ4n) is 3.42. The largest absolute Gasteiger partial charge is 0.374 e. The molecule has 4 heteroatoms. The molecule has 0 amide bonds. The Morgan fingerprint density at radius 2 is 1.95 bits per heavy atom. The second-order valence-electron chi connectivity index (χ2n) is 6.72. The lowest BCUT2D eigenvalue weighted by Gasteiger charge is -2.39. The summed E-state index contributed by atoms with van der Waals surface area (Å²) in [6, 6.07) is 0.647. The Bertz CT molecular complexity index is 264. The summed E-state index contributed by atoms with van der Waals surface area (Å²) in [5.74, 6) is 0.929. The average molecular weight is 283 g/mol. The highest BCUT2D eigenvalue weighted by molar-refractivity contribution is 4.80. The highest BCUT2D eigenvalue weighted by Gasteiger charge is 2.26. The minimum atomic E-state index is 0.417. The monoisotopic (exact) mass is 283 g/mol. The number of piperidine rings is 1. The first kappa shape index (κ1) is 16.2. The third-order valence-electron chi connectivity index (χ3n) is 4.87. The second-order valence-corrected chi connectivity index (χ2v) is 6.72. The summed E-state index contributed by atoms with van der Waals surface area (Å²) in [5, 5.41) is 3.27. The van der Waals surface area contributed by atoms with E-state index >= 15 is 0 Å². The molecule has 0 aromatic carbocycles. The van der Waals surface area contributed by atoms with Crippen molar-refractivity contribution in [3.05, 3.63) is 0 Å². The summed E-state index contributed by atoms with van der Waals surface area (Å²) in [6.45, 7) is 12.5. The van der Waals surface area contributed by atoms with Crippen molar-refractivity contribution in [2.75, 3.05) is 52.9 Å². The molecule has 2 heterocycles. The van der Waals surface area contributed by atoms with Crippen LogP contribution in [0.25, 0.3) is 0 Å². The molecule has 2 rings (SSSR count). The Labute approximate surface area is 124 Å². The van der Waals surface area contributed by atoms with Crippen LogP contribution >= 0.6 is 0 Å². The number of likely N-dealkylation sites (tertiary alicyclic amines) is 1. The van der Waals surface area contributed by atoms with E-state index in [1.54, 1.807) is 0 Å². The van der Waals surface area contributed by atoms with E-state index in [9.17, 15) is 0 Å². The summed E-state index contributed by atoms with van der Waals surface area (Å²) < 4.78 is 5.96. The fourth-order valence-corrected chi connectivity index (χ4v) is 3.42. The van der Waals surface area contributed by atoms with Crippen molar-refractivity contribution in [3.63, 3.8) is 0 Å². The van der Waals surface area contributed by atoms with Crippen molar-refractivity contribution < 1.29 is 4.74 Å². The van der Waals surface area contributed by atoms with Gasteiger partial charge < -0.3 is 15.0 Å². The van der Waals surface area contributed by atoms with Crippen LogP contribution < -0.4 is 5.32 Å². The first-order chi connectivity index (χ1) is 9.69. The van der Waals surface area contributed by atoms with Crippen LogP contribution in [-0.2, 0) is 4.74 Å². The molecule has 20 heavy (non-hydrogen) atoms. The molecule has 0 spiro atoms. The highest BCUT2D eigenvalue weighted by atomic mass is 16.5. The molecular weight excluding hydrogens is 250 g/mol. The van der Waals surface area contributed by atoms with Crippen LogP contribution in [-0.4, -0.2) is 74.9 Å². The van der Waals surface area contributed by atoms with E-state index in [4.69, 9.17) is 4.74 Å². The Balaban J connectivity index is 1.67. The Kier molecular flexibility index (Phi) is 6.75. The van der Waals surface area contributed by atoms with Gasteiger partial charge >= 0.3 is 0 Å². The van der Waals surface area contributed by atoms with E-state index in [0.717, 1.165) is 32.2 Å². The maximum atomic E-state index is 5.96. The first-order valence-corrected chi connectivity index (χ1v) is 8.41. The molecule has 0 saturated carbocycles. The van der Waals surface area contributed by atoms with Crippen LogP contribution in [0, 0.1) is 5.92 Å². The zero-order valence-corrected chi connectivity index (χ0v) is 13.6. The van der Waals surface area contributed by atoms with Gasteiger partial charge in [-0.2, -0.15) is 0 Å². The third-order valence-corrected chi connectivity index (χ3v) is 4.87. The predicted molar refractivity (Wildman–Crippen MR) is 84.2 cm³/mol. The number of nitrogens with zero attached hydrogens (tertiary/aromatic N) is 2. The van der Waals surface area contributed by atoms with Crippen LogP contribution in [0.4, 0.5) is 0 Å². The van der Waals surface area contributed by atoms with Crippen molar-refractivity contribution in [1.29, 1.82) is 0 Å². The molecule has 118 valence electrons. The molecule has 0 bridgehead atoms. The van der Waals surface area contributed by atoms with E-state index in [1.807, 2.05) is 0 Å². The summed E-state index contributed by atoms with van der Waals surface area (Å²) in [4.78, 5) is 5.16. The Hall–Kier alpha value is -0.160. The molecule has 2 saturated heterocycles. The van der Waals surface area contributed by atoms with Gasteiger partial charge in [0.15, 0.2) is 0 Å². The summed E-state index contributed by atoms with van der Waals surface area (Å²) in [6.07, 6.45) is 4.48. The molecule has 1 unspecified atom stereocenters. The fraction of sp³-hybridized carbons (Fsp3) is 1.00. The van der Waals surface area contributed by atoms with Crippen molar-refractivity contribution in [1.82, 2.24) is 15.1 Å².